The Morgan fingerprint density at radius 2 is 1.78 bits per heavy atom. The summed E-state index contributed by atoms with van der Waals surface area (Å²) in [6, 6.07) is 13.9. The lowest BCUT2D eigenvalue weighted by Gasteiger charge is -2.35. The molecule has 0 unspecified atom stereocenters. The van der Waals surface area contributed by atoms with Crippen molar-refractivity contribution in [1.29, 1.82) is 0 Å². The first-order valence-corrected chi connectivity index (χ1v) is 11.4. The topological polar surface area (TPSA) is 102 Å². The number of rotatable bonds is 6. The number of nitro groups is 1. The summed E-state index contributed by atoms with van der Waals surface area (Å²) in [5.41, 5.74) is 1.16. The van der Waals surface area contributed by atoms with Gasteiger partial charge in [0, 0.05) is 38.8 Å². The third-order valence-corrected chi connectivity index (χ3v) is 6.48. The number of thioether (sulfide) groups is 1. The van der Waals surface area contributed by atoms with Crippen molar-refractivity contribution in [2.75, 3.05) is 36.8 Å². The number of aromatic nitrogens is 2. The Kier molecular flexibility index (Phi) is 6.40. The largest absolute Gasteiger partial charge is 0.362 e. The number of carbonyl (C=O) groups excluding carboxylic acids is 1. The van der Waals surface area contributed by atoms with Crippen LogP contribution in [-0.2, 0) is 11.3 Å². The predicted octanol–water partition coefficient (Wildman–Crippen LogP) is 2.77. The minimum Gasteiger partial charge on any atom is -0.362 e. The van der Waals surface area contributed by atoms with Crippen LogP contribution >= 0.6 is 11.8 Å². The van der Waals surface area contributed by atoms with Crippen LogP contribution in [-0.4, -0.2) is 57.2 Å². The third kappa shape index (κ3) is 4.31. The Bertz CT molecular complexity index is 1220. The van der Waals surface area contributed by atoms with Crippen LogP contribution in [0.4, 0.5) is 11.4 Å². The van der Waals surface area contributed by atoms with Crippen LogP contribution in [0.3, 0.4) is 0 Å². The van der Waals surface area contributed by atoms with Gasteiger partial charge in [0.2, 0.25) is 5.91 Å². The minimum absolute atomic E-state index is 0.0396. The highest BCUT2D eigenvalue weighted by atomic mass is 32.2. The van der Waals surface area contributed by atoms with Gasteiger partial charge in [-0.3, -0.25) is 24.3 Å². The molecule has 2 heterocycles. The maximum Gasteiger partial charge on any atom is 0.292 e. The van der Waals surface area contributed by atoms with Crippen LogP contribution in [0.1, 0.15) is 6.92 Å². The van der Waals surface area contributed by atoms with Crippen LogP contribution < -0.4 is 10.5 Å². The van der Waals surface area contributed by atoms with Crippen LogP contribution in [0.25, 0.3) is 10.9 Å². The number of para-hydroxylation sites is 3. The van der Waals surface area contributed by atoms with Gasteiger partial charge in [0.15, 0.2) is 5.16 Å². The summed E-state index contributed by atoms with van der Waals surface area (Å²) in [7, 11) is 0. The molecule has 1 aliphatic heterocycles. The van der Waals surface area contributed by atoms with Crippen molar-refractivity contribution in [3.8, 4) is 0 Å². The molecular weight excluding hydrogens is 430 g/mol. The normalized spacial score (nSPS) is 14.0. The van der Waals surface area contributed by atoms with Gasteiger partial charge in [0.25, 0.3) is 11.2 Å². The van der Waals surface area contributed by atoms with Crippen LogP contribution in [0.5, 0.6) is 0 Å². The Hall–Kier alpha value is -3.40. The second-order valence-corrected chi connectivity index (χ2v) is 8.31. The van der Waals surface area contributed by atoms with Crippen LogP contribution in [0.15, 0.2) is 58.5 Å². The van der Waals surface area contributed by atoms with Gasteiger partial charge in [-0.25, -0.2) is 4.98 Å². The monoisotopic (exact) mass is 453 g/mol. The van der Waals surface area contributed by atoms with E-state index in [4.69, 9.17) is 0 Å². The zero-order chi connectivity index (χ0) is 22.7. The number of nitrogens with zero attached hydrogens (tertiary/aromatic N) is 5. The fraction of sp³-hybridized carbons (Fsp3) is 0.318. The van der Waals surface area contributed by atoms with E-state index in [1.165, 1.54) is 17.8 Å². The van der Waals surface area contributed by atoms with Crippen LogP contribution in [0, 0.1) is 10.1 Å². The molecule has 1 saturated heterocycles. The maximum atomic E-state index is 12.8. The first-order chi connectivity index (χ1) is 15.5. The van der Waals surface area contributed by atoms with Gasteiger partial charge < -0.3 is 9.80 Å². The summed E-state index contributed by atoms with van der Waals surface area (Å²) >= 11 is 1.26. The lowest BCUT2D eigenvalue weighted by molar-refractivity contribution is -0.384. The number of carbonyl (C=O) groups is 1. The standard InChI is InChI=1S/C22H23N5O4S/c1-2-26-21(29)16-7-3-4-8-17(16)23-22(26)32-15-20(28)25-13-11-24(12-14-25)18-9-5-6-10-19(18)27(30)31/h3-10H,2,11-15H2,1H3. The summed E-state index contributed by atoms with van der Waals surface area (Å²) in [6.45, 7) is 4.37. The molecule has 0 saturated carbocycles. The molecule has 2 aromatic carbocycles. The molecule has 0 aliphatic carbocycles. The Balaban J connectivity index is 1.41. The van der Waals surface area contributed by atoms with Gasteiger partial charge >= 0.3 is 0 Å². The highest BCUT2D eigenvalue weighted by Crippen LogP contribution is 2.28. The number of amides is 1. The van der Waals surface area contributed by atoms with Gasteiger partial charge in [-0.1, -0.05) is 36.0 Å². The molecule has 0 atom stereocenters. The molecular formula is C22H23N5O4S. The molecule has 166 valence electrons. The summed E-state index contributed by atoms with van der Waals surface area (Å²) in [5, 5.41) is 12.4. The van der Waals surface area contributed by atoms with E-state index < -0.39 is 0 Å². The number of anilines is 1. The maximum absolute atomic E-state index is 12.8. The van der Waals surface area contributed by atoms with E-state index in [1.807, 2.05) is 24.0 Å². The van der Waals surface area contributed by atoms with Crippen molar-refractivity contribution >= 4 is 39.9 Å². The number of hydrogen-bond acceptors (Lipinski definition) is 7. The lowest BCUT2D eigenvalue weighted by Crippen LogP contribution is -2.49. The Morgan fingerprint density at radius 1 is 1.09 bits per heavy atom. The zero-order valence-corrected chi connectivity index (χ0v) is 18.5. The van der Waals surface area contributed by atoms with E-state index in [0.29, 0.717) is 54.5 Å². The average molecular weight is 454 g/mol. The van der Waals surface area contributed by atoms with E-state index in [-0.39, 0.29) is 27.8 Å². The molecule has 10 heteroatoms. The van der Waals surface area contributed by atoms with E-state index in [9.17, 15) is 19.7 Å². The van der Waals surface area contributed by atoms with Crippen molar-refractivity contribution in [3.05, 3.63) is 69.0 Å². The summed E-state index contributed by atoms with van der Waals surface area (Å²) in [5.74, 6) is 0.137. The second-order valence-electron chi connectivity index (χ2n) is 7.36. The Labute approximate surface area is 188 Å². The summed E-state index contributed by atoms with van der Waals surface area (Å²) in [4.78, 5) is 44.7. The van der Waals surface area contributed by atoms with Crippen molar-refractivity contribution in [3.63, 3.8) is 0 Å². The molecule has 9 nitrogen and oxygen atoms in total. The van der Waals surface area contributed by atoms with Crippen molar-refractivity contribution in [2.45, 2.75) is 18.6 Å². The lowest BCUT2D eigenvalue weighted by atomic mass is 10.2. The first kappa shape index (κ1) is 21.8. The molecule has 1 aromatic heterocycles. The number of fused-ring (bicyclic) bond motifs is 1. The van der Waals surface area contributed by atoms with Crippen molar-refractivity contribution in [2.24, 2.45) is 0 Å². The molecule has 3 aromatic rings. The molecule has 0 bridgehead atoms. The fourth-order valence-electron chi connectivity index (χ4n) is 3.84. The summed E-state index contributed by atoms with van der Waals surface area (Å²) < 4.78 is 1.59. The van der Waals surface area contributed by atoms with E-state index >= 15 is 0 Å². The molecule has 4 rings (SSSR count). The third-order valence-electron chi connectivity index (χ3n) is 5.52. The summed E-state index contributed by atoms with van der Waals surface area (Å²) in [6.07, 6.45) is 0. The number of benzene rings is 2. The number of piperazine rings is 1. The molecule has 1 amide bonds. The quantitative estimate of drug-likeness (QED) is 0.245. The highest BCUT2D eigenvalue weighted by Gasteiger charge is 2.25. The molecule has 1 aliphatic rings. The van der Waals surface area contributed by atoms with Gasteiger partial charge in [-0.2, -0.15) is 0 Å². The van der Waals surface area contributed by atoms with Crippen LogP contribution in [0.2, 0.25) is 0 Å². The molecule has 0 spiro atoms. The van der Waals surface area contributed by atoms with Crippen molar-refractivity contribution in [1.82, 2.24) is 14.5 Å². The Morgan fingerprint density at radius 3 is 2.50 bits per heavy atom. The SMILES string of the molecule is CCn1c(SCC(=O)N2CCN(c3ccccc3[N+](=O)[O-])CC2)nc2ccccc2c1=O. The van der Waals surface area contributed by atoms with Gasteiger partial charge in [-0.15, -0.1) is 0 Å². The molecule has 32 heavy (non-hydrogen) atoms. The first-order valence-electron chi connectivity index (χ1n) is 10.4. The average Bonchev–Trinajstić information content (AvgIpc) is 2.82. The highest BCUT2D eigenvalue weighted by molar-refractivity contribution is 7.99. The van der Waals surface area contributed by atoms with Gasteiger partial charge in [0.05, 0.1) is 21.6 Å². The number of hydrogen-bond donors (Lipinski definition) is 0. The molecule has 1 fully saturated rings. The molecule has 0 N–H and O–H groups in total. The smallest absolute Gasteiger partial charge is 0.292 e. The van der Waals surface area contributed by atoms with Crippen molar-refractivity contribution < 1.29 is 9.72 Å². The van der Waals surface area contributed by atoms with E-state index in [2.05, 4.69) is 4.98 Å². The number of nitro benzene ring substituents is 1. The zero-order valence-electron chi connectivity index (χ0n) is 17.6. The van der Waals surface area contributed by atoms with Gasteiger partial charge in [-0.05, 0) is 25.1 Å². The predicted molar refractivity (Wildman–Crippen MR) is 124 cm³/mol. The van der Waals surface area contributed by atoms with E-state index in [1.54, 1.807) is 39.8 Å². The van der Waals surface area contributed by atoms with E-state index in [0.717, 1.165) is 0 Å². The minimum atomic E-state index is -0.382. The molecule has 0 radical (unpaired) electrons. The fourth-order valence-corrected chi connectivity index (χ4v) is 4.80. The second kappa shape index (κ2) is 9.39. The van der Waals surface area contributed by atoms with Gasteiger partial charge in [0.1, 0.15) is 5.69 Å².